The Morgan fingerprint density at radius 1 is 1.82 bits per heavy atom. The van der Waals surface area contributed by atoms with Gasteiger partial charge in [0.2, 0.25) is 0 Å². The molecular weight excluding hydrogens is 188 g/mol. The molecule has 0 saturated carbocycles. The summed E-state index contributed by atoms with van der Waals surface area (Å²) >= 11 is 3.79. The molecule has 11 heavy (non-hydrogen) atoms. The van der Waals surface area contributed by atoms with E-state index in [1.807, 2.05) is 0 Å². The van der Waals surface area contributed by atoms with Crippen LogP contribution in [0.3, 0.4) is 0 Å². The van der Waals surface area contributed by atoms with Crippen molar-refractivity contribution in [2.75, 3.05) is 5.75 Å². The largest absolute Gasteiger partial charge is 0.480 e. The molecular formula is C5H13ClN2O2S. The van der Waals surface area contributed by atoms with Gasteiger partial charge in [0.05, 0.1) is 0 Å². The molecule has 0 heterocycles. The van der Waals surface area contributed by atoms with E-state index < -0.39 is 17.6 Å². The Balaban J connectivity index is 0. The smallest absolute Gasteiger partial charge is 0.326 e. The summed E-state index contributed by atoms with van der Waals surface area (Å²) in [6, 6.07) is -0.595. The molecule has 0 amide bonds. The Labute approximate surface area is 77.1 Å². The van der Waals surface area contributed by atoms with Gasteiger partial charge in [0.15, 0.2) is 0 Å². The first-order chi connectivity index (χ1) is 4.45. The van der Waals surface area contributed by atoms with Crippen molar-refractivity contribution in [3.05, 3.63) is 0 Å². The molecule has 0 aliphatic rings. The summed E-state index contributed by atoms with van der Waals surface area (Å²) in [7, 11) is 0. The van der Waals surface area contributed by atoms with Crippen LogP contribution in [0.15, 0.2) is 0 Å². The van der Waals surface area contributed by atoms with Crippen molar-refractivity contribution < 1.29 is 9.90 Å². The summed E-state index contributed by atoms with van der Waals surface area (Å²) in [6.07, 6.45) is 0. The van der Waals surface area contributed by atoms with Crippen molar-refractivity contribution in [3.8, 4) is 0 Å². The highest BCUT2D eigenvalue weighted by molar-refractivity contribution is 7.80. The summed E-state index contributed by atoms with van der Waals surface area (Å²) in [5.41, 5.74) is 9.31. The highest BCUT2D eigenvalue weighted by atomic mass is 35.5. The molecule has 0 aliphatic heterocycles. The lowest BCUT2D eigenvalue weighted by Gasteiger charge is -2.26. The van der Waals surface area contributed by atoms with Gasteiger partial charge in [0.1, 0.15) is 5.54 Å². The van der Waals surface area contributed by atoms with Crippen molar-refractivity contribution in [1.29, 1.82) is 0 Å². The number of aliphatic carboxylic acids is 1. The summed E-state index contributed by atoms with van der Waals surface area (Å²) < 4.78 is 0. The molecule has 0 fully saturated rings. The maximum atomic E-state index is 10.4. The monoisotopic (exact) mass is 200 g/mol. The van der Waals surface area contributed by atoms with Crippen LogP contribution in [0, 0.1) is 0 Å². The molecule has 0 aromatic rings. The highest BCUT2D eigenvalue weighted by Gasteiger charge is 2.36. The second-order valence-electron chi connectivity index (χ2n) is 2.29. The zero-order valence-electron chi connectivity index (χ0n) is 6.15. The lowest BCUT2D eigenvalue weighted by Crippen LogP contribution is -2.61. The summed E-state index contributed by atoms with van der Waals surface area (Å²) in [5, 5.41) is 8.55. The van der Waals surface area contributed by atoms with E-state index in [4.69, 9.17) is 16.6 Å². The molecule has 6 heteroatoms. The van der Waals surface area contributed by atoms with Crippen molar-refractivity contribution in [1.82, 2.24) is 0 Å². The quantitative estimate of drug-likeness (QED) is 0.461. The number of halogens is 1. The predicted molar refractivity (Wildman–Crippen MR) is 49.3 cm³/mol. The van der Waals surface area contributed by atoms with Crippen molar-refractivity contribution >= 4 is 31.0 Å². The molecule has 2 unspecified atom stereocenters. The van der Waals surface area contributed by atoms with Crippen LogP contribution < -0.4 is 11.5 Å². The average Bonchev–Trinajstić information content (AvgIpc) is 1.85. The first-order valence-corrected chi connectivity index (χ1v) is 3.47. The van der Waals surface area contributed by atoms with Gasteiger partial charge in [-0.2, -0.15) is 12.6 Å². The normalized spacial score (nSPS) is 17.8. The predicted octanol–water partition coefficient (Wildman–Crippen LogP) is -0.533. The Morgan fingerprint density at radius 2 is 2.18 bits per heavy atom. The summed E-state index contributed by atoms with van der Waals surface area (Å²) in [5.74, 6) is -1.07. The van der Waals surface area contributed by atoms with Gasteiger partial charge < -0.3 is 16.6 Å². The fraction of sp³-hybridized carbons (Fsp3) is 0.800. The van der Waals surface area contributed by atoms with Crippen LogP contribution in [0.25, 0.3) is 0 Å². The van der Waals surface area contributed by atoms with Gasteiger partial charge in [0.25, 0.3) is 0 Å². The van der Waals surface area contributed by atoms with E-state index >= 15 is 0 Å². The number of carbonyl (C=O) groups is 1. The van der Waals surface area contributed by atoms with Gasteiger partial charge in [-0.1, -0.05) is 0 Å². The number of nitrogens with two attached hydrogens (primary N) is 2. The third-order valence-electron chi connectivity index (χ3n) is 1.47. The van der Waals surface area contributed by atoms with Gasteiger partial charge in [-0.25, -0.2) is 0 Å². The van der Waals surface area contributed by atoms with E-state index in [-0.39, 0.29) is 18.2 Å². The van der Waals surface area contributed by atoms with Crippen LogP contribution in [-0.4, -0.2) is 28.4 Å². The van der Waals surface area contributed by atoms with Crippen molar-refractivity contribution in [2.24, 2.45) is 11.5 Å². The molecule has 0 rings (SSSR count). The van der Waals surface area contributed by atoms with Crippen LogP contribution in [0.5, 0.6) is 0 Å². The zero-order chi connectivity index (χ0) is 8.36. The molecule has 0 aliphatic carbocycles. The van der Waals surface area contributed by atoms with Gasteiger partial charge in [0, 0.05) is 11.8 Å². The standard InChI is InChI=1S/C5H12N2O2S.ClH/c1-3(6)5(7,2-10)4(8)9;/h3,10H,2,6-7H2,1H3,(H,8,9);1H. The summed E-state index contributed by atoms with van der Waals surface area (Å²) in [6.45, 7) is 1.55. The van der Waals surface area contributed by atoms with Crippen LogP contribution in [-0.2, 0) is 4.79 Å². The molecule has 0 spiro atoms. The Morgan fingerprint density at radius 3 is 2.18 bits per heavy atom. The van der Waals surface area contributed by atoms with Gasteiger partial charge >= 0.3 is 5.97 Å². The lowest BCUT2D eigenvalue weighted by molar-refractivity contribution is -0.143. The maximum Gasteiger partial charge on any atom is 0.326 e. The molecule has 0 radical (unpaired) electrons. The van der Waals surface area contributed by atoms with E-state index in [1.54, 1.807) is 6.92 Å². The Hall–Kier alpha value is 0.0300. The minimum atomic E-state index is -1.40. The molecule has 4 nitrogen and oxygen atoms in total. The topological polar surface area (TPSA) is 89.3 Å². The first-order valence-electron chi connectivity index (χ1n) is 2.84. The number of rotatable bonds is 3. The maximum absolute atomic E-state index is 10.4. The number of thiol groups is 1. The highest BCUT2D eigenvalue weighted by Crippen LogP contribution is 2.06. The number of carboxylic acids is 1. The fourth-order valence-corrected chi connectivity index (χ4v) is 0.830. The van der Waals surface area contributed by atoms with Gasteiger partial charge in [-0.15, -0.1) is 12.4 Å². The van der Waals surface area contributed by atoms with Crippen LogP contribution in [0.2, 0.25) is 0 Å². The van der Waals surface area contributed by atoms with Crippen LogP contribution in [0.1, 0.15) is 6.92 Å². The summed E-state index contributed by atoms with van der Waals surface area (Å²) in [4.78, 5) is 10.4. The number of carboxylic acid groups (broad SMARTS) is 1. The minimum absolute atomic E-state index is 0. The van der Waals surface area contributed by atoms with Gasteiger partial charge in [-0.3, -0.25) is 4.79 Å². The van der Waals surface area contributed by atoms with Crippen molar-refractivity contribution in [2.45, 2.75) is 18.5 Å². The van der Waals surface area contributed by atoms with E-state index in [9.17, 15) is 4.79 Å². The SMILES string of the molecule is CC(N)C(N)(CS)C(=O)O.Cl. The number of hydrogen-bond donors (Lipinski definition) is 4. The van der Waals surface area contributed by atoms with Crippen molar-refractivity contribution in [3.63, 3.8) is 0 Å². The Kier molecular flexibility index (Phi) is 5.96. The molecule has 5 N–H and O–H groups in total. The van der Waals surface area contributed by atoms with E-state index in [0.29, 0.717) is 0 Å². The molecule has 68 valence electrons. The van der Waals surface area contributed by atoms with E-state index in [1.165, 1.54) is 0 Å². The Bertz CT molecular complexity index is 144. The number of hydrogen-bond acceptors (Lipinski definition) is 4. The third kappa shape index (κ3) is 2.86. The zero-order valence-corrected chi connectivity index (χ0v) is 7.86. The van der Waals surface area contributed by atoms with Crippen LogP contribution in [0.4, 0.5) is 0 Å². The molecule has 0 saturated heterocycles. The minimum Gasteiger partial charge on any atom is -0.480 e. The molecule has 2 atom stereocenters. The molecule has 0 aromatic heterocycles. The van der Waals surface area contributed by atoms with E-state index in [2.05, 4.69) is 12.6 Å². The lowest BCUT2D eigenvalue weighted by atomic mass is 9.96. The molecule has 0 bridgehead atoms. The molecule has 0 aromatic carbocycles. The second kappa shape index (κ2) is 4.82. The average molecular weight is 201 g/mol. The van der Waals surface area contributed by atoms with Gasteiger partial charge in [-0.05, 0) is 6.92 Å². The third-order valence-corrected chi connectivity index (χ3v) is 2.00. The fourth-order valence-electron chi connectivity index (χ4n) is 0.406. The first kappa shape index (κ1) is 13.6. The second-order valence-corrected chi connectivity index (χ2v) is 2.61. The van der Waals surface area contributed by atoms with E-state index in [0.717, 1.165) is 0 Å². The van der Waals surface area contributed by atoms with Crippen LogP contribution >= 0.6 is 25.0 Å².